The number of benzene rings is 1. The van der Waals surface area contributed by atoms with E-state index in [1.807, 2.05) is 20.9 Å². The maximum atomic E-state index is 3.85. The van der Waals surface area contributed by atoms with E-state index < -0.39 is 0 Å². The van der Waals surface area contributed by atoms with Crippen LogP contribution < -0.4 is 16.0 Å². The molecule has 0 fully saturated rings. The van der Waals surface area contributed by atoms with Crippen LogP contribution in [-0.4, -0.2) is 7.05 Å². The van der Waals surface area contributed by atoms with Crippen LogP contribution in [0.25, 0.3) is 0 Å². The lowest BCUT2D eigenvalue weighted by molar-refractivity contribution is 0.765. The Bertz CT molecular complexity index is 358. The summed E-state index contributed by atoms with van der Waals surface area (Å²) in [6.45, 7) is 9.76. The highest BCUT2D eigenvalue weighted by molar-refractivity contribution is 5.58. The summed E-state index contributed by atoms with van der Waals surface area (Å²) >= 11 is 0. The van der Waals surface area contributed by atoms with Gasteiger partial charge in [0.05, 0.1) is 5.82 Å². The van der Waals surface area contributed by atoms with Crippen LogP contribution in [0.1, 0.15) is 25.0 Å². The van der Waals surface area contributed by atoms with Crippen LogP contribution in [0.5, 0.6) is 0 Å². The molecule has 0 unspecified atom stereocenters. The molecule has 3 heteroatoms. The smallest absolute Gasteiger partial charge is 0.0954 e. The van der Waals surface area contributed by atoms with Gasteiger partial charge in [-0.05, 0) is 17.2 Å². The molecule has 1 heterocycles. The van der Waals surface area contributed by atoms with Gasteiger partial charge in [-0.3, -0.25) is 0 Å². The highest BCUT2D eigenvalue weighted by atomic mass is 15.1. The van der Waals surface area contributed by atoms with Gasteiger partial charge >= 0.3 is 0 Å². The predicted molar refractivity (Wildman–Crippen MR) is 70.2 cm³/mol. The Morgan fingerprint density at radius 2 is 2.06 bits per heavy atom. The maximum Gasteiger partial charge on any atom is 0.0954 e. The molecule has 0 saturated carbocycles. The normalized spacial score (nSPS) is 12.2. The Morgan fingerprint density at radius 1 is 1.31 bits per heavy atom. The molecule has 0 atom stereocenters. The zero-order valence-corrected chi connectivity index (χ0v) is 10.4. The van der Waals surface area contributed by atoms with Crippen molar-refractivity contribution in [3.05, 3.63) is 41.7 Å². The average Bonchev–Trinajstić information content (AvgIpc) is 2.81. The summed E-state index contributed by atoms with van der Waals surface area (Å²) in [4.78, 5) is 0. The fraction of sp³-hybridized carbons (Fsp3) is 0.385. The van der Waals surface area contributed by atoms with Crippen LogP contribution in [-0.2, 0) is 13.1 Å². The number of anilines is 1. The van der Waals surface area contributed by atoms with E-state index >= 15 is 0 Å². The Balaban J connectivity index is 0.000000606. The van der Waals surface area contributed by atoms with Crippen molar-refractivity contribution in [2.45, 2.75) is 26.9 Å². The standard InChI is InChI=1S/C11H15N3.C2H6/c1-8(12-2)14-11-5-3-4-9-6-13-7-10(9)11;1-2/h3-5,12-14H,1,6-7H2,2H3;1-2H3. The molecule has 0 spiro atoms. The summed E-state index contributed by atoms with van der Waals surface area (Å²) in [5.41, 5.74) is 3.87. The van der Waals surface area contributed by atoms with Crippen molar-refractivity contribution in [3.63, 3.8) is 0 Å². The van der Waals surface area contributed by atoms with Gasteiger partial charge in [-0.25, -0.2) is 0 Å². The lowest BCUT2D eigenvalue weighted by Gasteiger charge is -2.12. The van der Waals surface area contributed by atoms with Gasteiger partial charge in [0.15, 0.2) is 0 Å². The first-order valence-corrected chi connectivity index (χ1v) is 5.76. The Labute approximate surface area is 97.9 Å². The Morgan fingerprint density at radius 3 is 2.75 bits per heavy atom. The van der Waals surface area contributed by atoms with Gasteiger partial charge in [0.25, 0.3) is 0 Å². The first-order valence-electron chi connectivity index (χ1n) is 5.76. The second kappa shape index (κ2) is 6.18. The molecule has 0 aliphatic carbocycles. The highest BCUT2D eigenvalue weighted by Gasteiger charge is 2.13. The van der Waals surface area contributed by atoms with E-state index in [0.717, 1.165) is 24.6 Å². The largest absolute Gasteiger partial charge is 0.375 e. The van der Waals surface area contributed by atoms with Crippen LogP contribution in [0.15, 0.2) is 30.6 Å². The minimum atomic E-state index is 0.824. The monoisotopic (exact) mass is 219 g/mol. The van der Waals surface area contributed by atoms with Crippen molar-refractivity contribution in [2.75, 3.05) is 12.4 Å². The average molecular weight is 219 g/mol. The molecular formula is C13H21N3. The summed E-state index contributed by atoms with van der Waals surface area (Å²) in [5.74, 6) is 0.824. The fourth-order valence-corrected chi connectivity index (χ4v) is 1.67. The third kappa shape index (κ3) is 2.76. The highest BCUT2D eigenvalue weighted by Crippen LogP contribution is 2.24. The summed E-state index contributed by atoms with van der Waals surface area (Å²) in [7, 11) is 1.86. The van der Waals surface area contributed by atoms with Gasteiger partial charge in [-0.2, -0.15) is 0 Å². The molecule has 2 rings (SSSR count). The van der Waals surface area contributed by atoms with E-state index in [0.29, 0.717) is 0 Å². The third-order valence-corrected chi connectivity index (χ3v) is 2.48. The molecule has 0 radical (unpaired) electrons. The summed E-state index contributed by atoms with van der Waals surface area (Å²) in [5, 5.41) is 9.55. The molecule has 3 nitrogen and oxygen atoms in total. The Kier molecular flexibility index (Phi) is 4.86. The molecule has 1 aromatic rings. The molecule has 16 heavy (non-hydrogen) atoms. The Hall–Kier alpha value is -1.48. The van der Waals surface area contributed by atoms with Crippen molar-refractivity contribution in [2.24, 2.45) is 0 Å². The van der Waals surface area contributed by atoms with Gasteiger partial charge in [-0.1, -0.05) is 32.6 Å². The van der Waals surface area contributed by atoms with Crippen molar-refractivity contribution in [1.29, 1.82) is 0 Å². The van der Waals surface area contributed by atoms with Gasteiger partial charge in [-0.15, -0.1) is 0 Å². The summed E-state index contributed by atoms with van der Waals surface area (Å²) in [6, 6.07) is 6.30. The molecule has 1 aromatic carbocycles. The number of fused-ring (bicyclic) bond motifs is 1. The first kappa shape index (κ1) is 12.6. The van der Waals surface area contributed by atoms with E-state index in [2.05, 4.69) is 40.7 Å². The second-order valence-corrected chi connectivity index (χ2v) is 3.40. The molecule has 3 N–H and O–H groups in total. The van der Waals surface area contributed by atoms with Crippen LogP contribution in [0, 0.1) is 0 Å². The van der Waals surface area contributed by atoms with Crippen molar-refractivity contribution >= 4 is 5.69 Å². The van der Waals surface area contributed by atoms with Crippen LogP contribution >= 0.6 is 0 Å². The van der Waals surface area contributed by atoms with Crippen LogP contribution in [0.2, 0.25) is 0 Å². The lowest BCUT2D eigenvalue weighted by Crippen LogP contribution is -2.14. The van der Waals surface area contributed by atoms with E-state index in [-0.39, 0.29) is 0 Å². The number of rotatable bonds is 3. The molecule has 0 saturated heterocycles. The van der Waals surface area contributed by atoms with E-state index in [4.69, 9.17) is 0 Å². The SMILES string of the molecule is C=C(NC)Nc1cccc2c1CNC2.CC. The quantitative estimate of drug-likeness (QED) is 0.730. The minimum absolute atomic E-state index is 0.824. The zero-order valence-electron chi connectivity index (χ0n) is 10.4. The molecule has 1 aliphatic rings. The number of hydrogen-bond acceptors (Lipinski definition) is 3. The second-order valence-electron chi connectivity index (χ2n) is 3.40. The molecule has 0 amide bonds. The van der Waals surface area contributed by atoms with Crippen molar-refractivity contribution < 1.29 is 0 Å². The van der Waals surface area contributed by atoms with Crippen molar-refractivity contribution in [1.82, 2.24) is 10.6 Å². The first-order chi connectivity index (χ1) is 7.81. The number of hydrogen-bond donors (Lipinski definition) is 3. The number of nitrogens with one attached hydrogen (secondary N) is 3. The van der Waals surface area contributed by atoms with Gasteiger partial charge in [0, 0.05) is 25.8 Å². The van der Waals surface area contributed by atoms with Gasteiger partial charge in [0.1, 0.15) is 0 Å². The molecular weight excluding hydrogens is 198 g/mol. The fourth-order valence-electron chi connectivity index (χ4n) is 1.67. The lowest BCUT2D eigenvalue weighted by atomic mass is 10.1. The molecule has 88 valence electrons. The molecule has 0 bridgehead atoms. The zero-order chi connectivity index (χ0) is 12.0. The topological polar surface area (TPSA) is 36.1 Å². The summed E-state index contributed by atoms with van der Waals surface area (Å²) < 4.78 is 0. The van der Waals surface area contributed by atoms with Crippen LogP contribution in [0.4, 0.5) is 5.69 Å². The van der Waals surface area contributed by atoms with Gasteiger partial charge < -0.3 is 16.0 Å². The van der Waals surface area contributed by atoms with E-state index in [1.54, 1.807) is 0 Å². The van der Waals surface area contributed by atoms with Crippen LogP contribution in [0.3, 0.4) is 0 Å². The predicted octanol–water partition coefficient (Wildman–Crippen LogP) is 2.42. The summed E-state index contributed by atoms with van der Waals surface area (Å²) in [6.07, 6.45) is 0. The molecule has 0 aromatic heterocycles. The molecule has 1 aliphatic heterocycles. The third-order valence-electron chi connectivity index (χ3n) is 2.48. The van der Waals surface area contributed by atoms with E-state index in [1.165, 1.54) is 11.1 Å². The van der Waals surface area contributed by atoms with Crippen molar-refractivity contribution in [3.8, 4) is 0 Å². The van der Waals surface area contributed by atoms with E-state index in [9.17, 15) is 0 Å². The van der Waals surface area contributed by atoms with Gasteiger partial charge in [0.2, 0.25) is 0 Å². The minimum Gasteiger partial charge on any atom is -0.375 e. The maximum absolute atomic E-state index is 3.85.